The first-order chi connectivity index (χ1) is 12.3. The number of aromatic amines is 1. The van der Waals surface area contributed by atoms with Crippen molar-refractivity contribution in [3.8, 4) is 5.82 Å². The number of carbonyl (C=O) groups is 2. The van der Waals surface area contributed by atoms with Crippen molar-refractivity contribution in [1.29, 1.82) is 0 Å². The number of aliphatic carboxylic acids is 1. The first-order valence-electron chi connectivity index (χ1n) is 8.48. The lowest BCUT2D eigenvalue weighted by Gasteiger charge is -2.39. The number of H-pyrrole nitrogens is 1. The van der Waals surface area contributed by atoms with Crippen LogP contribution in [0.5, 0.6) is 0 Å². The predicted molar refractivity (Wildman–Crippen MR) is 92.2 cm³/mol. The minimum absolute atomic E-state index is 0.332. The maximum absolute atomic E-state index is 12.8. The van der Waals surface area contributed by atoms with E-state index in [0.29, 0.717) is 29.9 Å². The van der Waals surface area contributed by atoms with E-state index in [1.165, 1.54) is 23.0 Å². The van der Waals surface area contributed by atoms with Crippen molar-refractivity contribution >= 4 is 11.9 Å². The maximum Gasteiger partial charge on any atom is 0.308 e. The van der Waals surface area contributed by atoms with Crippen molar-refractivity contribution in [2.45, 2.75) is 45.1 Å². The van der Waals surface area contributed by atoms with Crippen LogP contribution in [0.3, 0.4) is 0 Å². The summed E-state index contributed by atoms with van der Waals surface area (Å²) >= 11 is 0. The highest BCUT2D eigenvalue weighted by Crippen LogP contribution is 2.34. The molecule has 138 valence electrons. The average Bonchev–Trinajstić information content (AvgIpc) is 2.97. The summed E-state index contributed by atoms with van der Waals surface area (Å²) in [6, 6.07) is 2.83. The van der Waals surface area contributed by atoms with Crippen molar-refractivity contribution in [1.82, 2.24) is 25.3 Å². The van der Waals surface area contributed by atoms with E-state index in [-0.39, 0.29) is 11.5 Å². The molecule has 9 nitrogen and oxygen atoms in total. The number of aromatic nitrogens is 4. The first-order valence-corrected chi connectivity index (χ1v) is 8.48. The number of carbonyl (C=O) groups excluding carboxylic acids is 1. The van der Waals surface area contributed by atoms with Gasteiger partial charge in [0.05, 0.1) is 28.9 Å². The zero-order chi connectivity index (χ0) is 18.9. The topological polar surface area (TPSA) is 130 Å². The third kappa shape index (κ3) is 3.24. The number of rotatable bonds is 4. The van der Waals surface area contributed by atoms with Crippen LogP contribution < -0.4 is 10.9 Å². The lowest BCUT2D eigenvalue weighted by atomic mass is 9.73. The van der Waals surface area contributed by atoms with Crippen LogP contribution >= 0.6 is 0 Å². The van der Waals surface area contributed by atoms with E-state index in [4.69, 9.17) is 0 Å². The summed E-state index contributed by atoms with van der Waals surface area (Å²) in [6.45, 7) is 3.50. The highest BCUT2D eigenvalue weighted by atomic mass is 16.4. The Morgan fingerprint density at radius 1 is 1.38 bits per heavy atom. The first kappa shape index (κ1) is 17.8. The summed E-state index contributed by atoms with van der Waals surface area (Å²) in [4.78, 5) is 35.5. The number of nitrogens with zero attached hydrogens (tertiary/aromatic N) is 3. The summed E-state index contributed by atoms with van der Waals surface area (Å²) in [5, 5.41) is 22.8. The fraction of sp³-hybridized carbons (Fsp3) is 0.471. The van der Waals surface area contributed by atoms with Gasteiger partial charge in [0.2, 0.25) is 0 Å². The van der Waals surface area contributed by atoms with Crippen molar-refractivity contribution in [3.05, 3.63) is 39.9 Å². The minimum atomic E-state index is -0.891. The van der Waals surface area contributed by atoms with Gasteiger partial charge in [-0.15, -0.1) is 0 Å². The molecule has 1 aliphatic carbocycles. The van der Waals surface area contributed by atoms with Gasteiger partial charge < -0.3 is 10.4 Å². The molecule has 0 aromatic carbocycles. The van der Waals surface area contributed by atoms with Gasteiger partial charge >= 0.3 is 5.97 Å². The van der Waals surface area contributed by atoms with E-state index in [1.54, 1.807) is 13.8 Å². The summed E-state index contributed by atoms with van der Waals surface area (Å²) < 4.78 is 1.45. The van der Waals surface area contributed by atoms with Crippen LogP contribution in [0, 0.1) is 12.8 Å². The van der Waals surface area contributed by atoms with E-state index >= 15 is 0 Å². The van der Waals surface area contributed by atoms with Gasteiger partial charge in [-0.2, -0.15) is 10.2 Å². The molecule has 0 radical (unpaired) electrons. The Bertz CT molecular complexity index is 882. The van der Waals surface area contributed by atoms with Gasteiger partial charge in [-0.05, 0) is 32.8 Å². The van der Waals surface area contributed by atoms with Gasteiger partial charge in [0.1, 0.15) is 0 Å². The standard InChI is InChI=1S/C17H21N5O4/c1-10-11(9-18-22(10)13-6-7-14(23)21-20-13)15(24)19-17(2)8-4-3-5-12(17)16(25)26/h6-7,9,12H,3-5,8H2,1-2H3,(H,19,24)(H,21,23)(H,25,26). The molecule has 1 saturated carbocycles. The minimum Gasteiger partial charge on any atom is -0.481 e. The van der Waals surface area contributed by atoms with Gasteiger partial charge in [0, 0.05) is 6.07 Å². The normalized spacial score (nSPS) is 22.8. The second-order valence-corrected chi connectivity index (χ2v) is 6.84. The second kappa shape index (κ2) is 6.74. The van der Waals surface area contributed by atoms with Crippen LogP contribution in [0.2, 0.25) is 0 Å². The average molecular weight is 359 g/mol. The van der Waals surface area contributed by atoms with Gasteiger partial charge in [-0.3, -0.25) is 14.4 Å². The number of carboxylic acid groups (broad SMARTS) is 1. The molecule has 3 N–H and O–H groups in total. The van der Waals surface area contributed by atoms with Crippen LogP contribution in [0.25, 0.3) is 5.82 Å². The molecule has 1 amide bonds. The molecule has 26 heavy (non-hydrogen) atoms. The molecular formula is C17H21N5O4. The van der Waals surface area contributed by atoms with Crippen molar-refractivity contribution < 1.29 is 14.7 Å². The molecule has 0 saturated heterocycles. The van der Waals surface area contributed by atoms with Crippen LogP contribution in [0.4, 0.5) is 0 Å². The zero-order valence-corrected chi connectivity index (χ0v) is 14.7. The van der Waals surface area contributed by atoms with Crippen LogP contribution in [-0.4, -0.2) is 42.5 Å². The Balaban J connectivity index is 1.85. The Labute approximate surface area is 149 Å². The van der Waals surface area contributed by atoms with Crippen molar-refractivity contribution in [3.63, 3.8) is 0 Å². The number of nitrogens with one attached hydrogen (secondary N) is 2. The molecule has 1 aliphatic rings. The van der Waals surface area contributed by atoms with Gasteiger partial charge in [-0.1, -0.05) is 12.8 Å². The molecule has 2 aromatic rings. The second-order valence-electron chi connectivity index (χ2n) is 6.84. The SMILES string of the molecule is Cc1c(C(=O)NC2(C)CCCCC2C(=O)O)cnn1-c1ccc(=O)[nH]n1. The Hall–Kier alpha value is -2.97. The summed E-state index contributed by atoms with van der Waals surface area (Å²) in [5.74, 6) is -1.49. The third-order valence-electron chi connectivity index (χ3n) is 5.04. The molecule has 2 heterocycles. The summed E-state index contributed by atoms with van der Waals surface area (Å²) in [6.07, 6.45) is 4.30. The van der Waals surface area contributed by atoms with E-state index in [0.717, 1.165) is 12.8 Å². The molecule has 0 spiro atoms. The van der Waals surface area contributed by atoms with E-state index in [1.807, 2.05) is 0 Å². The molecule has 2 atom stereocenters. The summed E-state index contributed by atoms with van der Waals surface area (Å²) in [7, 11) is 0. The zero-order valence-electron chi connectivity index (χ0n) is 14.7. The number of hydrogen-bond acceptors (Lipinski definition) is 5. The fourth-order valence-electron chi connectivity index (χ4n) is 3.52. The van der Waals surface area contributed by atoms with E-state index in [9.17, 15) is 19.5 Å². The fourth-order valence-corrected chi connectivity index (χ4v) is 3.52. The lowest BCUT2D eigenvalue weighted by molar-refractivity contribution is -0.145. The van der Waals surface area contributed by atoms with Crippen LogP contribution in [0.1, 0.15) is 48.7 Å². The van der Waals surface area contributed by atoms with Crippen LogP contribution in [-0.2, 0) is 4.79 Å². The Morgan fingerprint density at radius 3 is 2.81 bits per heavy atom. The molecule has 9 heteroatoms. The summed E-state index contributed by atoms with van der Waals surface area (Å²) in [5.41, 5.74) is -0.241. The predicted octanol–water partition coefficient (Wildman–Crippen LogP) is 1.03. The Kier molecular flexibility index (Phi) is 4.62. The van der Waals surface area contributed by atoms with Crippen molar-refractivity contribution in [2.75, 3.05) is 0 Å². The molecule has 0 bridgehead atoms. The van der Waals surface area contributed by atoms with E-state index < -0.39 is 17.4 Å². The third-order valence-corrected chi connectivity index (χ3v) is 5.04. The smallest absolute Gasteiger partial charge is 0.308 e. The van der Waals surface area contributed by atoms with Gasteiger partial charge in [0.15, 0.2) is 5.82 Å². The maximum atomic E-state index is 12.8. The highest BCUT2D eigenvalue weighted by molar-refractivity contribution is 5.96. The molecule has 2 unspecified atom stereocenters. The van der Waals surface area contributed by atoms with Gasteiger partial charge in [-0.25, -0.2) is 9.78 Å². The molecule has 2 aromatic heterocycles. The Morgan fingerprint density at radius 2 is 2.15 bits per heavy atom. The number of hydrogen-bond donors (Lipinski definition) is 3. The van der Waals surface area contributed by atoms with Crippen LogP contribution in [0.15, 0.2) is 23.1 Å². The van der Waals surface area contributed by atoms with E-state index in [2.05, 4.69) is 20.6 Å². The number of carboxylic acids is 1. The van der Waals surface area contributed by atoms with Crippen molar-refractivity contribution in [2.24, 2.45) is 5.92 Å². The highest BCUT2D eigenvalue weighted by Gasteiger charge is 2.42. The monoisotopic (exact) mass is 359 g/mol. The molecular weight excluding hydrogens is 338 g/mol. The molecule has 1 fully saturated rings. The largest absolute Gasteiger partial charge is 0.481 e. The molecule has 0 aliphatic heterocycles. The van der Waals surface area contributed by atoms with Gasteiger partial charge in [0.25, 0.3) is 11.5 Å². The molecule has 3 rings (SSSR count). The quantitative estimate of drug-likeness (QED) is 0.747. The number of amides is 1. The lowest BCUT2D eigenvalue weighted by Crippen LogP contribution is -2.55.